The maximum atomic E-state index is 12.6. The summed E-state index contributed by atoms with van der Waals surface area (Å²) in [4.78, 5) is 13.8. The van der Waals surface area contributed by atoms with Crippen LogP contribution in [0.2, 0.25) is 5.02 Å². The van der Waals surface area contributed by atoms with Crippen molar-refractivity contribution >= 4 is 45.0 Å². The molecule has 8 heteroatoms. The van der Waals surface area contributed by atoms with E-state index in [2.05, 4.69) is 5.32 Å². The molecule has 1 unspecified atom stereocenters. The zero-order valence-electron chi connectivity index (χ0n) is 16.2. The van der Waals surface area contributed by atoms with Crippen molar-refractivity contribution in [1.29, 1.82) is 0 Å². The van der Waals surface area contributed by atoms with Gasteiger partial charge in [0.2, 0.25) is 15.9 Å². The molecule has 0 aliphatic heterocycles. The van der Waals surface area contributed by atoms with E-state index in [4.69, 9.17) is 11.6 Å². The molecule has 1 amide bonds. The fourth-order valence-electron chi connectivity index (χ4n) is 2.65. The lowest BCUT2D eigenvalue weighted by Crippen LogP contribution is -2.30. The van der Waals surface area contributed by atoms with Crippen molar-refractivity contribution in [2.24, 2.45) is 0 Å². The topological polar surface area (TPSA) is 66.5 Å². The second-order valence-electron chi connectivity index (χ2n) is 6.07. The number of halogens is 1. The van der Waals surface area contributed by atoms with Gasteiger partial charge in [0, 0.05) is 28.7 Å². The van der Waals surface area contributed by atoms with E-state index in [1.54, 1.807) is 38.1 Å². The molecule has 5 nitrogen and oxygen atoms in total. The Hall–Kier alpha value is -1.54. The molecule has 0 aliphatic carbocycles. The Balaban J connectivity index is 2.07. The van der Waals surface area contributed by atoms with Gasteiger partial charge in [0.15, 0.2) is 0 Å². The molecule has 1 N–H and O–H groups in total. The van der Waals surface area contributed by atoms with Crippen LogP contribution in [-0.4, -0.2) is 37.0 Å². The zero-order valence-corrected chi connectivity index (χ0v) is 18.6. The van der Waals surface area contributed by atoms with Crippen molar-refractivity contribution in [1.82, 2.24) is 4.31 Å². The Labute approximate surface area is 176 Å². The summed E-state index contributed by atoms with van der Waals surface area (Å²) >= 11 is 7.37. The number of sulfonamides is 1. The van der Waals surface area contributed by atoms with Crippen LogP contribution in [-0.2, 0) is 14.8 Å². The number of hydrogen-bond acceptors (Lipinski definition) is 4. The van der Waals surface area contributed by atoms with Gasteiger partial charge >= 0.3 is 0 Å². The lowest BCUT2D eigenvalue weighted by atomic mass is 10.3. The summed E-state index contributed by atoms with van der Waals surface area (Å²) in [5.41, 5.74) is 0.568. The first-order chi connectivity index (χ1) is 13.3. The largest absolute Gasteiger partial charge is 0.325 e. The number of anilines is 1. The fraction of sp³-hybridized carbons (Fsp3) is 0.350. The van der Waals surface area contributed by atoms with E-state index < -0.39 is 10.0 Å². The number of carbonyl (C=O) groups excluding carboxylic acids is 1. The van der Waals surface area contributed by atoms with Gasteiger partial charge in [0.25, 0.3) is 0 Å². The number of rotatable bonds is 9. The quantitative estimate of drug-likeness (QED) is 0.564. The van der Waals surface area contributed by atoms with Gasteiger partial charge < -0.3 is 5.32 Å². The average molecular weight is 441 g/mol. The number of hydrogen-bond donors (Lipinski definition) is 1. The molecule has 2 aromatic carbocycles. The van der Waals surface area contributed by atoms with Crippen LogP contribution < -0.4 is 5.32 Å². The van der Waals surface area contributed by atoms with E-state index in [1.165, 1.54) is 28.2 Å². The van der Waals surface area contributed by atoms with Gasteiger partial charge in [-0.25, -0.2) is 8.42 Å². The average Bonchev–Trinajstić information content (AvgIpc) is 2.68. The maximum Gasteiger partial charge on any atom is 0.243 e. The van der Waals surface area contributed by atoms with E-state index in [1.807, 2.05) is 19.1 Å². The normalized spacial score (nSPS) is 12.8. The number of nitrogens with zero attached hydrogens (tertiary/aromatic N) is 1. The van der Waals surface area contributed by atoms with E-state index in [-0.39, 0.29) is 16.1 Å². The van der Waals surface area contributed by atoms with Gasteiger partial charge in [-0.2, -0.15) is 4.31 Å². The third kappa shape index (κ3) is 5.73. The smallest absolute Gasteiger partial charge is 0.243 e. The first-order valence-electron chi connectivity index (χ1n) is 9.15. The van der Waals surface area contributed by atoms with Crippen LogP contribution in [0.15, 0.2) is 58.3 Å². The highest BCUT2D eigenvalue weighted by Gasteiger charge is 2.22. The molecule has 0 heterocycles. The monoisotopic (exact) mass is 440 g/mol. The number of benzene rings is 2. The molecule has 28 heavy (non-hydrogen) atoms. The van der Waals surface area contributed by atoms with E-state index >= 15 is 0 Å². The van der Waals surface area contributed by atoms with Crippen LogP contribution in [0.1, 0.15) is 27.2 Å². The summed E-state index contributed by atoms with van der Waals surface area (Å²) in [5, 5.41) is 3.26. The van der Waals surface area contributed by atoms with Crippen LogP contribution in [0.3, 0.4) is 0 Å². The Kier molecular flexibility index (Phi) is 8.37. The van der Waals surface area contributed by atoms with Gasteiger partial charge in [-0.15, -0.1) is 11.8 Å². The molecule has 0 saturated carbocycles. The molecule has 152 valence electrons. The highest BCUT2D eigenvalue weighted by atomic mass is 35.5. The second kappa shape index (κ2) is 10.3. The number of carbonyl (C=O) groups is 1. The summed E-state index contributed by atoms with van der Waals surface area (Å²) in [5.74, 6) is -0.123. The zero-order chi connectivity index (χ0) is 20.7. The van der Waals surface area contributed by atoms with Gasteiger partial charge in [0.05, 0.1) is 10.1 Å². The lowest BCUT2D eigenvalue weighted by molar-refractivity contribution is -0.115. The molecule has 0 radical (unpaired) electrons. The second-order valence-corrected chi connectivity index (χ2v) is 9.72. The first kappa shape index (κ1) is 22.7. The van der Waals surface area contributed by atoms with Crippen LogP contribution in [0.4, 0.5) is 5.69 Å². The van der Waals surface area contributed by atoms with Crippen LogP contribution in [0.5, 0.6) is 0 Å². The highest BCUT2D eigenvalue weighted by molar-refractivity contribution is 8.00. The van der Waals surface area contributed by atoms with Crippen molar-refractivity contribution in [2.75, 3.05) is 18.4 Å². The summed E-state index contributed by atoms with van der Waals surface area (Å²) in [6.45, 7) is 6.39. The molecular formula is C20H25ClN2O3S2. The van der Waals surface area contributed by atoms with E-state index in [9.17, 15) is 13.2 Å². The van der Waals surface area contributed by atoms with Crippen molar-refractivity contribution in [2.45, 2.75) is 42.2 Å². The Morgan fingerprint density at radius 3 is 2.11 bits per heavy atom. The van der Waals surface area contributed by atoms with E-state index in [0.29, 0.717) is 30.2 Å². The lowest BCUT2D eigenvalue weighted by Gasteiger charge is -2.19. The van der Waals surface area contributed by atoms with Crippen LogP contribution >= 0.6 is 23.4 Å². The molecule has 0 fully saturated rings. The molecule has 0 bridgehead atoms. The van der Waals surface area contributed by atoms with Crippen molar-refractivity contribution in [3.63, 3.8) is 0 Å². The Bertz CT molecular complexity index is 881. The minimum atomic E-state index is -3.51. The summed E-state index contributed by atoms with van der Waals surface area (Å²) in [6, 6.07) is 13.6. The predicted molar refractivity (Wildman–Crippen MR) is 117 cm³/mol. The summed E-state index contributed by atoms with van der Waals surface area (Å²) in [7, 11) is -3.51. The maximum absolute atomic E-state index is 12.6. The molecular weight excluding hydrogens is 416 g/mol. The molecule has 0 aromatic heterocycles. The molecule has 0 saturated heterocycles. The SMILES string of the molecule is CCC(Sc1ccc(Cl)cc1)C(=O)Nc1ccc(S(=O)(=O)N(CC)CC)cc1. The summed E-state index contributed by atoms with van der Waals surface area (Å²) < 4.78 is 26.5. The fourth-order valence-corrected chi connectivity index (χ4v) is 5.18. The van der Waals surface area contributed by atoms with E-state index in [0.717, 1.165) is 4.90 Å². The molecule has 0 aliphatic rings. The van der Waals surface area contributed by atoms with Gasteiger partial charge in [-0.1, -0.05) is 32.4 Å². The minimum Gasteiger partial charge on any atom is -0.325 e. The third-order valence-corrected chi connectivity index (χ3v) is 7.91. The van der Waals surface area contributed by atoms with Crippen LogP contribution in [0.25, 0.3) is 0 Å². The third-order valence-electron chi connectivity index (χ3n) is 4.22. The van der Waals surface area contributed by atoms with Gasteiger partial charge in [-0.3, -0.25) is 4.79 Å². The Morgan fingerprint density at radius 1 is 1.04 bits per heavy atom. The van der Waals surface area contributed by atoms with Gasteiger partial charge in [0.1, 0.15) is 0 Å². The predicted octanol–water partition coefficient (Wildman–Crippen LogP) is 4.88. The number of nitrogens with one attached hydrogen (secondary N) is 1. The highest BCUT2D eigenvalue weighted by Crippen LogP contribution is 2.28. The number of thioether (sulfide) groups is 1. The van der Waals surface area contributed by atoms with Crippen molar-refractivity contribution < 1.29 is 13.2 Å². The molecule has 2 rings (SSSR count). The van der Waals surface area contributed by atoms with Crippen molar-refractivity contribution in [3.8, 4) is 0 Å². The standard InChI is InChI=1S/C20H25ClN2O3S2/c1-4-19(27-17-11-7-15(21)8-12-17)20(24)22-16-9-13-18(14-10-16)28(25,26)23(5-2)6-3/h7-14,19H,4-6H2,1-3H3,(H,22,24). The van der Waals surface area contributed by atoms with Gasteiger partial charge in [-0.05, 0) is 55.0 Å². The number of amides is 1. The molecule has 1 atom stereocenters. The van der Waals surface area contributed by atoms with Crippen molar-refractivity contribution in [3.05, 3.63) is 53.6 Å². The molecule has 0 spiro atoms. The molecule has 2 aromatic rings. The minimum absolute atomic E-state index is 0.123. The first-order valence-corrected chi connectivity index (χ1v) is 11.8. The summed E-state index contributed by atoms with van der Waals surface area (Å²) in [6.07, 6.45) is 0.660. The van der Waals surface area contributed by atoms with Crippen LogP contribution in [0, 0.1) is 0 Å². The Morgan fingerprint density at radius 2 is 1.61 bits per heavy atom.